The molecule has 8 heteroatoms. The van der Waals surface area contributed by atoms with Gasteiger partial charge >= 0.3 is 5.97 Å². The number of likely N-dealkylation sites (N-methyl/N-ethyl adjacent to an activating group) is 1. The molecule has 158 valence electrons. The second-order valence-electron chi connectivity index (χ2n) is 7.80. The summed E-state index contributed by atoms with van der Waals surface area (Å²) in [4.78, 5) is 32.7. The SMILES string of the molecule is COc1cc(C(=O)O)ccc1Nc1ccc2c(n1)N(C1CCCC1)C(C)C(=O)N2C. The summed E-state index contributed by atoms with van der Waals surface area (Å²) in [6, 6.07) is 8.41. The van der Waals surface area contributed by atoms with Gasteiger partial charge in [-0.05, 0) is 50.1 Å². The maximum atomic E-state index is 12.8. The van der Waals surface area contributed by atoms with E-state index in [2.05, 4.69) is 10.2 Å². The van der Waals surface area contributed by atoms with Crippen molar-refractivity contribution >= 4 is 34.9 Å². The van der Waals surface area contributed by atoms with Crippen LogP contribution in [-0.4, -0.2) is 48.2 Å². The Morgan fingerprint density at radius 1 is 1.23 bits per heavy atom. The number of nitrogens with zero attached hydrogens (tertiary/aromatic N) is 3. The monoisotopic (exact) mass is 410 g/mol. The van der Waals surface area contributed by atoms with Gasteiger partial charge in [0.15, 0.2) is 5.82 Å². The second kappa shape index (κ2) is 7.85. The van der Waals surface area contributed by atoms with Crippen LogP contribution in [0, 0.1) is 0 Å². The van der Waals surface area contributed by atoms with E-state index in [0.717, 1.165) is 37.2 Å². The normalized spacial score (nSPS) is 19.0. The molecule has 2 aromatic rings. The molecule has 4 rings (SSSR count). The van der Waals surface area contributed by atoms with Crippen LogP contribution in [0.4, 0.5) is 23.0 Å². The summed E-state index contributed by atoms with van der Waals surface area (Å²) in [6.07, 6.45) is 4.45. The number of rotatable bonds is 5. The van der Waals surface area contributed by atoms with Crippen LogP contribution in [0.5, 0.6) is 5.75 Å². The van der Waals surface area contributed by atoms with E-state index in [1.54, 1.807) is 18.0 Å². The second-order valence-corrected chi connectivity index (χ2v) is 7.80. The molecule has 1 aromatic heterocycles. The van der Waals surface area contributed by atoms with E-state index in [0.29, 0.717) is 23.3 Å². The summed E-state index contributed by atoms with van der Waals surface area (Å²) in [5.74, 6) is 0.877. The number of amides is 1. The summed E-state index contributed by atoms with van der Waals surface area (Å²) in [5.41, 5.74) is 1.57. The minimum Gasteiger partial charge on any atom is -0.495 e. The molecule has 2 aliphatic rings. The quantitative estimate of drug-likeness (QED) is 0.777. The van der Waals surface area contributed by atoms with E-state index in [-0.39, 0.29) is 17.5 Å². The lowest BCUT2D eigenvalue weighted by Crippen LogP contribution is -2.54. The summed E-state index contributed by atoms with van der Waals surface area (Å²) in [6.45, 7) is 1.94. The van der Waals surface area contributed by atoms with Crippen molar-refractivity contribution in [2.75, 3.05) is 29.3 Å². The predicted octanol–water partition coefficient (Wildman–Crippen LogP) is 3.65. The van der Waals surface area contributed by atoms with Gasteiger partial charge in [-0.25, -0.2) is 9.78 Å². The molecule has 0 spiro atoms. The van der Waals surface area contributed by atoms with Gasteiger partial charge in [-0.2, -0.15) is 0 Å². The highest BCUT2D eigenvalue weighted by Crippen LogP contribution is 2.40. The number of aromatic nitrogens is 1. The molecule has 0 saturated heterocycles. The van der Waals surface area contributed by atoms with Crippen LogP contribution >= 0.6 is 0 Å². The van der Waals surface area contributed by atoms with Crippen LogP contribution in [0.2, 0.25) is 0 Å². The number of methoxy groups -OCH3 is 1. The Kier molecular flexibility index (Phi) is 5.24. The molecular weight excluding hydrogens is 384 g/mol. The number of carboxylic acids is 1. The maximum Gasteiger partial charge on any atom is 0.335 e. The minimum absolute atomic E-state index is 0.0721. The minimum atomic E-state index is -1.01. The van der Waals surface area contributed by atoms with Crippen molar-refractivity contribution in [1.29, 1.82) is 0 Å². The Morgan fingerprint density at radius 2 is 1.97 bits per heavy atom. The number of ether oxygens (including phenoxy) is 1. The van der Waals surface area contributed by atoms with E-state index in [9.17, 15) is 14.7 Å². The number of pyridine rings is 1. The van der Waals surface area contributed by atoms with E-state index in [4.69, 9.17) is 9.72 Å². The van der Waals surface area contributed by atoms with Crippen LogP contribution in [-0.2, 0) is 4.79 Å². The van der Waals surface area contributed by atoms with Crippen molar-refractivity contribution in [3.63, 3.8) is 0 Å². The number of benzene rings is 1. The van der Waals surface area contributed by atoms with Crippen LogP contribution in [0.3, 0.4) is 0 Å². The lowest BCUT2D eigenvalue weighted by molar-refractivity contribution is -0.119. The third-order valence-electron chi connectivity index (χ3n) is 5.99. The molecule has 0 radical (unpaired) electrons. The van der Waals surface area contributed by atoms with Gasteiger partial charge in [-0.15, -0.1) is 0 Å². The number of hydrogen-bond donors (Lipinski definition) is 2. The van der Waals surface area contributed by atoms with Crippen molar-refractivity contribution < 1.29 is 19.4 Å². The number of aromatic carboxylic acids is 1. The van der Waals surface area contributed by atoms with E-state index < -0.39 is 5.97 Å². The Labute approximate surface area is 175 Å². The Bertz CT molecular complexity index is 987. The van der Waals surface area contributed by atoms with Gasteiger partial charge in [0.2, 0.25) is 5.91 Å². The lowest BCUT2D eigenvalue weighted by Gasteiger charge is -2.42. The summed E-state index contributed by atoms with van der Waals surface area (Å²) < 4.78 is 5.35. The highest BCUT2D eigenvalue weighted by atomic mass is 16.5. The molecule has 1 amide bonds. The molecule has 0 bridgehead atoms. The topological polar surface area (TPSA) is 95.0 Å². The van der Waals surface area contributed by atoms with Crippen molar-refractivity contribution in [1.82, 2.24) is 4.98 Å². The zero-order chi connectivity index (χ0) is 21.4. The molecule has 1 aliphatic heterocycles. The van der Waals surface area contributed by atoms with Crippen molar-refractivity contribution in [2.24, 2.45) is 0 Å². The number of nitrogens with one attached hydrogen (secondary N) is 1. The lowest BCUT2D eigenvalue weighted by atomic mass is 10.1. The van der Waals surface area contributed by atoms with E-state index in [1.807, 2.05) is 19.1 Å². The largest absolute Gasteiger partial charge is 0.495 e. The first-order valence-electron chi connectivity index (χ1n) is 10.2. The number of fused-ring (bicyclic) bond motifs is 1. The zero-order valence-electron chi connectivity index (χ0n) is 17.4. The van der Waals surface area contributed by atoms with Gasteiger partial charge < -0.3 is 25.0 Å². The first-order valence-corrected chi connectivity index (χ1v) is 10.2. The van der Waals surface area contributed by atoms with Crippen LogP contribution in [0.15, 0.2) is 30.3 Å². The third-order valence-corrected chi connectivity index (χ3v) is 5.99. The maximum absolute atomic E-state index is 12.8. The van der Waals surface area contributed by atoms with Crippen molar-refractivity contribution in [3.8, 4) is 5.75 Å². The average molecular weight is 410 g/mol. The molecule has 2 N–H and O–H groups in total. The third kappa shape index (κ3) is 3.42. The van der Waals surface area contributed by atoms with Crippen molar-refractivity contribution in [2.45, 2.75) is 44.7 Å². The molecule has 1 aromatic carbocycles. The number of hydrogen-bond acceptors (Lipinski definition) is 6. The molecule has 1 saturated carbocycles. The predicted molar refractivity (Wildman–Crippen MR) is 115 cm³/mol. The standard InChI is InChI=1S/C22H26N4O4/c1-13-21(27)25(2)17-10-11-19(24-20(17)26(13)15-6-4-5-7-15)23-16-9-8-14(22(28)29)12-18(16)30-3/h8-13,15H,4-7H2,1-3H3,(H,23,24)(H,28,29). The molecule has 1 unspecified atom stereocenters. The first-order chi connectivity index (χ1) is 14.4. The van der Waals surface area contributed by atoms with Gasteiger partial charge in [0.05, 0.1) is 24.0 Å². The Balaban J connectivity index is 1.71. The molecule has 30 heavy (non-hydrogen) atoms. The molecule has 2 heterocycles. The first kappa shape index (κ1) is 20.0. The summed E-state index contributed by atoms with van der Waals surface area (Å²) >= 11 is 0. The molecular formula is C22H26N4O4. The highest BCUT2D eigenvalue weighted by Gasteiger charge is 2.39. The van der Waals surface area contributed by atoms with Crippen LogP contribution in [0.1, 0.15) is 43.0 Å². The zero-order valence-corrected chi connectivity index (χ0v) is 17.4. The highest BCUT2D eigenvalue weighted by molar-refractivity contribution is 6.04. The number of anilines is 4. The Morgan fingerprint density at radius 3 is 2.63 bits per heavy atom. The number of carbonyl (C=O) groups excluding carboxylic acids is 1. The molecule has 1 fully saturated rings. The fourth-order valence-electron chi connectivity index (χ4n) is 4.40. The van der Waals surface area contributed by atoms with Gasteiger partial charge in [-0.1, -0.05) is 12.8 Å². The summed E-state index contributed by atoms with van der Waals surface area (Å²) in [7, 11) is 3.28. The summed E-state index contributed by atoms with van der Waals surface area (Å²) in [5, 5.41) is 12.4. The van der Waals surface area contributed by atoms with Crippen LogP contribution < -0.4 is 19.9 Å². The smallest absolute Gasteiger partial charge is 0.335 e. The number of carboxylic acid groups (broad SMARTS) is 1. The molecule has 8 nitrogen and oxygen atoms in total. The molecule has 1 atom stereocenters. The average Bonchev–Trinajstić information content (AvgIpc) is 3.26. The Hall–Kier alpha value is -3.29. The van der Waals surface area contributed by atoms with Gasteiger partial charge in [0, 0.05) is 13.1 Å². The van der Waals surface area contributed by atoms with E-state index in [1.165, 1.54) is 19.2 Å². The fraction of sp³-hybridized carbons (Fsp3) is 0.409. The van der Waals surface area contributed by atoms with Gasteiger partial charge in [0.1, 0.15) is 17.6 Å². The van der Waals surface area contributed by atoms with E-state index >= 15 is 0 Å². The fourth-order valence-corrected chi connectivity index (χ4v) is 4.40. The van der Waals surface area contributed by atoms with Gasteiger partial charge in [-0.3, -0.25) is 4.79 Å². The number of carbonyl (C=O) groups is 2. The van der Waals surface area contributed by atoms with Gasteiger partial charge in [0.25, 0.3) is 0 Å². The van der Waals surface area contributed by atoms with Crippen molar-refractivity contribution in [3.05, 3.63) is 35.9 Å². The molecule has 1 aliphatic carbocycles. The van der Waals surface area contributed by atoms with Crippen LogP contribution in [0.25, 0.3) is 0 Å².